The fourth-order valence-corrected chi connectivity index (χ4v) is 3.70. The van der Waals surface area contributed by atoms with Crippen LogP contribution < -0.4 is 10.2 Å². The third-order valence-electron chi connectivity index (χ3n) is 5.71. The first-order valence-corrected chi connectivity index (χ1v) is 10.6. The lowest BCUT2D eigenvalue weighted by Crippen LogP contribution is -2.30. The van der Waals surface area contributed by atoms with Crippen LogP contribution in [0.3, 0.4) is 0 Å². The molecule has 0 aliphatic carbocycles. The molecule has 0 aromatic carbocycles. The Kier molecular flexibility index (Phi) is 6.84. The summed E-state index contributed by atoms with van der Waals surface area (Å²) in [6.07, 6.45) is 2.35. The summed E-state index contributed by atoms with van der Waals surface area (Å²) < 4.78 is 27.7. The number of nitrogens with zero attached hydrogens (tertiary/aromatic N) is 4. The van der Waals surface area contributed by atoms with E-state index in [2.05, 4.69) is 29.1 Å². The standard InChI is InChI=1S/C23H27F2N5O/c1-4-15(2)19-13-17(6-9-27-19)29-22(31)20-16(3)12-18(14-26)28-21(20)30-10-5-7-23(24,25)8-11-30/h6,9,12-13,15H,4-5,7-8,10-11H2,1-3H3,(H,27,29,31)/t15-/m1/s1. The summed E-state index contributed by atoms with van der Waals surface area (Å²) in [6, 6.07) is 7.09. The van der Waals surface area contributed by atoms with Crippen LogP contribution in [-0.4, -0.2) is 34.9 Å². The topological polar surface area (TPSA) is 81.9 Å². The Labute approximate surface area is 181 Å². The number of nitriles is 1. The molecule has 0 unspecified atom stereocenters. The summed E-state index contributed by atoms with van der Waals surface area (Å²) in [4.78, 5) is 23.6. The van der Waals surface area contributed by atoms with Gasteiger partial charge in [0.15, 0.2) is 0 Å². The smallest absolute Gasteiger partial charge is 0.259 e. The monoisotopic (exact) mass is 427 g/mol. The number of rotatable bonds is 5. The molecule has 164 valence electrons. The molecule has 1 fully saturated rings. The van der Waals surface area contributed by atoms with Crippen LogP contribution in [0.1, 0.15) is 72.8 Å². The van der Waals surface area contributed by atoms with Crippen molar-refractivity contribution in [1.82, 2.24) is 9.97 Å². The SMILES string of the molecule is CC[C@@H](C)c1cc(NC(=O)c2c(C)cc(C#N)nc2N2CCCC(F)(F)CC2)ccn1. The molecular weight excluding hydrogens is 400 g/mol. The highest BCUT2D eigenvalue weighted by Crippen LogP contribution is 2.32. The molecule has 1 atom stereocenters. The van der Waals surface area contributed by atoms with Gasteiger partial charge in [-0.15, -0.1) is 0 Å². The Hall–Kier alpha value is -3.08. The third kappa shape index (κ3) is 5.35. The highest BCUT2D eigenvalue weighted by atomic mass is 19.3. The fourth-order valence-electron chi connectivity index (χ4n) is 3.70. The number of nitrogens with one attached hydrogen (secondary N) is 1. The number of anilines is 2. The second-order valence-electron chi connectivity index (χ2n) is 8.06. The van der Waals surface area contributed by atoms with Gasteiger partial charge in [-0.25, -0.2) is 13.8 Å². The fraction of sp³-hybridized carbons (Fsp3) is 0.478. The number of hydrogen-bond acceptors (Lipinski definition) is 5. The molecule has 3 rings (SSSR count). The molecule has 1 aliphatic heterocycles. The minimum absolute atomic E-state index is 0.0715. The average Bonchev–Trinajstić information content (AvgIpc) is 2.92. The van der Waals surface area contributed by atoms with E-state index in [0.29, 0.717) is 23.4 Å². The maximum absolute atomic E-state index is 13.9. The molecule has 0 radical (unpaired) electrons. The van der Waals surface area contributed by atoms with E-state index in [-0.39, 0.29) is 49.1 Å². The van der Waals surface area contributed by atoms with Crippen molar-refractivity contribution in [3.8, 4) is 6.07 Å². The second kappa shape index (κ2) is 9.38. The van der Waals surface area contributed by atoms with Crippen molar-refractivity contribution in [2.24, 2.45) is 0 Å². The number of pyridine rings is 2. The van der Waals surface area contributed by atoms with E-state index in [9.17, 15) is 18.8 Å². The molecule has 8 heteroatoms. The first-order valence-electron chi connectivity index (χ1n) is 10.6. The minimum Gasteiger partial charge on any atom is -0.356 e. The summed E-state index contributed by atoms with van der Waals surface area (Å²) >= 11 is 0. The molecule has 2 aromatic rings. The number of amides is 1. The van der Waals surface area contributed by atoms with Gasteiger partial charge in [0, 0.05) is 43.5 Å². The van der Waals surface area contributed by atoms with Crippen LogP contribution in [0.25, 0.3) is 0 Å². The number of aryl methyl sites for hydroxylation is 1. The van der Waals surface area contributed by atoms with Crippen molar-refractivity contribution < 1.29 is 13.6 Å². The molecule has 3 heterocycles. The summed E-state index contributed by atoms with van der Waals surface area (Å²) in [7, 11) is 0. The minimum atomic E-state index is -2.73. The molecule has 0 saturated carbocycles. The molecule has 2 aromatic heterocycles. The van der Waals surface area contributed by atoms with Crippen molar-refractivity contribution in [1.29, 1.82) is 5.26 Å². The van der Waals surface area contributed by atoms with Gasteiger partial charge in [0.25, 0.3) is 5.91 Å². The van der Waals surface area contributed by atoms with Crippen LogP contribution in [-0.2, 0) is 0 Å². The molecule has 1 aliphatic rings. The van der Waals surface area contributed by atoms with Crippen molar-refractivity contribution in [3.63, 3.8) is 0 Å². The van der Waals surface area contributed by atoms with E-state index < -0.39 is 5.92 Å². The molecule has 0 spiro atoms. The third-order valence-corrected chi connectivity index (χ3v) is 5.71. The van der Waals surface area contributed by atoms with Gasteiger partial charge in [-0.1, -0.05) is 13.8 Å². The first-order chi connectivity index (χ1) is 14.7. The van der Waals surface area contributed by atoms with Gasteiger partial charge in [-0.05, 0) is 49.4 Å². The zero-order chi connectivity index (χ0) is 22.6. The summed E-state index contributed by atoms with van der Waals surface area (Å²) in [5, 5.41) is 12.2. The van der Waals surface area contributed by atoms with Crippen LogP contribution in [0.4, 0.5) is 20.3 Å². The van der Waals surface area contributed by atoms with E-state index in [1.54, 1.807) is 30.2 Å². The predicted octanol–water partition coefficient (Wildman–Crippen LogP) is 5.05. The highest BCUT2D eigenvalue weighted by molar-refractivity contribution is 6.08. The van der Waals surface area contributed by atoms with Crippen LogP contribution >= 0.6 is 0 Å². The largest absolute Gasteiger partial charge is 0.356 e. The van der Waals surface area contributed by atoms with Crippen molar-refractivity contribution in [3.05, 3.63) is 46.9 Å². The number of halogens is 2. The molecule has 31 heavy (non-hydrogen) atoms. The summed E-state index contributed by atoms with van der Waals surface area (Å²) in [6.45, 7) is 6.29. The quantitative estimate of drug-likeness (QED) is 0.722. The van der Waals surface area contributed by atoms with Gasteiger partial charge >= 0.3 is 0 Å². The molecule has 1 N–H and O–H groups in total. The van der Waals surface area contributed by atoms with Gasteiger partial charge in [0.1, 0.15) is 17.6 Å². The predicted molar refractivity (Wildman–Crippen MR) is 116 cm³/mol. The van der Waals surface area contributed by atoms with E-state index in [1.807, 2.05) is 12.1 Å². The van der Waals surface area contributed by atoms with E-state index in [4.69, 9.17) is 0 Å². The Balaban J connectivity index is 1.95. The Morgan fingerprint density at radius 1 is 1.35 bits per heavy atom. The van der Waals surface area contributed by atoms with Crippen LogP contribution in [0, 0.1) is 18.3 Å². The number of carbonyl (C=O) groups is 1. The normalized spacial score (nSPS) is 16.8. The lowest BCUT2D eigenvalue weighted by molar-refractivity contribution is -0.0102. The van der Waals surface area contributed by atoms with E-state index in [1.165, 1.54) is 0 Å². The van der Waals surface area contributed by atoms with Crippen LogP contribution in [0.15, 0.2) is 24.4 Å². The lowest BCUT2D eigenvalue weighted by Gasteiger charge is -2.25. The molecular formula is C23H27F2N5O. The van der Waals surface area contributed by atoms with Crippen LogP contribution in [0.5, 0.6) is 0 Å². The first kappa shape index (κ1) is 22.6. The molecule has 1 amide bonds. The molecule has 0 bridgehead atoms. The Morgan fingerprint density at radius 3 is 2.84 bits per heavy atom. The van der Waals surface area contributed by atoms with E-state index in [0.717, 1.165) is 12.1 Å². The van der Waals surface area contributed by atoms with E-state index >= 15 is 0 Å². The summed E-state index contributed by atoms with van der Waals surface area (Å²) in [5.41, 5.74) is 2.51. The average molecular weight is 427 g/mol. The van der Waals surface area contributed by atoms with Crippen molar-refractivity contribution >= 4 is 17.4 Å². The second-order valence-corrected chi connectivity index (χ2v) is 8.06. The lowest BCUT2D eigenvalue weighted by atomic mass is 10.0. The molecule has 1 saturated heterocycles. The maximum Gasteiger partial charge on any atom is 0.259 e. The Bertz CT molecular complexity index is 1000. The number of carbonyl (C=O) groups excluding carboxylic acids is 1. The van der Waals surface area contributed by atoms with Gasteiger partial charge in [-0.3, -0.25) is 9.78 Å². The van der Waals surface area contributed by atoms with Gasteiger partial charge in [0.2, 0.25) is 5.92 Å². The molecule has 6 nitrogen and oxygen atoms in total. The summed E-state index contributed by atoms with van der Waals surface area (Å²) in [5.74, 6) is -2.59. The Morgan fingerprint density at radius 2 is 2.13 bits per heavy atom. The zero-order valence-electron chi connectivity index (χ0n) is 18.1. The maximum atomic E-state index is 13.9. The van der Waals surface area contributed by atoms with Crippen LogP contribution in [0.2, 0.25) is 0 Å². The highest BCUT2D eigenvalue weighted by Gasteiger charge is 2.33. The van der Waals surface area contributed by atoms with Gasteiger partial charge in [-0.2, -0.15) is 5.26 Å². The van der Waals surface area contributed by atoms with Crippen molar-refractivity contribution in [2.45, 2.75) is 58.3 Å². The van der Waals surface area contributed by atoms with Gasteiger partial charge in [0.05, 0.1) is 5.56 Å². The zero-order valence-corrected chi connectivity index (χ0v) is 18.1. The van der Waals surface area contributed by atoms with Gasteiger partial charge < -0.3 is 10.2 Å². The number of alkyl halides is 2. The van der Waals surface area contributed by atoms with Crippen molar-refractivity contribution in [2.75, 3.05) is 23.3 Å². The number of aromatic nitrogens is 2. The number of hydrogen-bond donors (Lipinski definition) is 1.